The maximum Gasteiger partial charge on any atom is 0.175 e. The predicted molar refractivity (Wildman–Crippen MR) is 94.4 cm³/mol. The van der Waals surface area contributed by atoms with Gasteiger partial charge in [0.15, 0.2) is 8.68 Å². The Bertz CT molecular complexity index is 802. The van der Waals surface area contributed by atoms with Crippen LogP contribution in [0.5, 0.6) is 0 Å². The fourth-order valence-electron chi connectivity index (χ4n) is 2.06. The van der Waals surface area contributed by atoms with Crippen LogP contribution in [-0.2, 0) is 5.75 Å². The lowest BCUT2D eigenvalue weighted by molar-refractivity contribution is 0.954. The average Bonchev–Trinajstić information content (AvgIpc) is 3.01. The summed E-state index contributed by atoms with van der Waals surface area (Å²) in [5.74, 6) is 1.66. The number of nitrogens with zero attached hydrogens (tertiary/aromatic N) is 3. The Balaban J connectivity index is 1.66. The van der Waals surface area contributed by atoms with Gasteiger partial charge in [-0.3, -0.25) is 0 Å². The van der Waals surface area contributed by atoms with Crippen molar-refractivity contribution in [2.75, 3.05) is 5.75 Å². The first-order valence-electron chi connectivity index (χ1n) is 6.79. The van der Waals surface area contributed by atoms with Crippen LogP contribution < -0.4 is 0 Å². The summed E-state index contributed by atoms with van der Waals surface area (Å²) >= 11 is 4.92. The second-order valence-electron chi connectivity index (χ2n) is 4.52. The van der Waals surface area contributed by atoms with Crippen molar-refractivity contribution in [3.63, 3.8) is 0 Å². The lowest BCUT2D eigenvalue weighted by Crippen LogP contribution is -1.83. The molecule has 22 heavy (non-hydrogen) atoms. The second kappa shape index (κ2) is 7.63. The van der Waals surface area contributed by atoms with E-state index >= 15 is 0 Å². The van der Waals surface area contributed by atoms with Gasteiger partial charge in [0, 0.05) is 17.9 Å². The molecule has 1 aromatic heterocycles. The van der Waals surface area contributed by atoms with Crippen molar-refractivity contribution in [3.8, 4) is 6.07 Å². The van der Waals surface area contributed by atoms with Crippen molar-refractivity contribution in [2.45, 2.75) is 20.9 Å². The molecular formula is C16H13N3S3. The summed E-state index contributed by atoms with van der Waals surface area (Å²) in [6, 6.07) is 17.0. The molecule has 3 nitrogen and oxygen atoms in total. The number of nitriles is 1. The molecule has 0 radical (unpaired) electrons. The number of thioether (sulfide) groups is 2. The summed E-state index contributed by atoms with van der Waals surface area (Å²) < 4.78 is 1.92. The zero-order valence-electron chi connectivity index (χ0n) is 11.7. The van der Waals surface area contributed by atoms with Gasteiger partial charge >= 0.3 is 0 Å². The van der Waals surface area contributed by atoms with Crippen molar-refractivity contribution in [1.82, 2.24) is 10.2 Å². The van der Waals surface area contributed by atoms with Crippen LogP contribution >= 0.6 is 34.9 Å². The summed E-state index contributed by atoms with van der Waals surface area (Å²) in [7, 11) is 0. The molecule has 0 aliphatic carbocycles. The highest BCUT2D eigenvalue weighted by molar-refractivity contribution is 8.02. The third-order valence-electron chi connectivity index (χ3n) is 3.06. The largest absolute Gasteiger partial charge is 0.198 e. The molecule has 2 aromatic carbocycles. The van der Waals surface area contributed by atoms with E-state index in [1.54, 1.807) is 34.9 Å². The maximum atomic E-state index is 8.55. The van der Waals surface area contributed by atoms with Crippen LogP contribution in [0.3, 0.4) is 0 Å². The van der Waals surface area contributed by atoms with E-state index in [1.807, 2.05) is 0 Å². The van der Waals surface area contributed by atoms with Crippen LogP contribution in [0.15, 0.2) is 51.1 Å². The first kappa shape index (κ1) is 15.3. The number of rotatable bonds is 6. The molecular weight excluding hydrogens is 330 g/mol. The van der Waals surface area contributed by atoms with Crippen molar-refractivity contribution in [3.05, 3.63) is 48.0 Å². The SMILES string of the molecule is N#CCCSc1nnc(SCc2cccc3ccccc23)s1. The molecule has 0 saturated carbocycles. The van der Waals surface area contributed by atoms with Crippen molar-refractivity contribution < 1.29 is 0 Å². The van der Waals surface area contributed by atoms with Crippen LogP contribution in [0.1, 0.15) is 12.0 Å². The standard InChI is InChI=1S/C16H13N3S3/c17-9-4-10-20-15-18-19-16(22-15)21-11-13-7-3-6-12-5-1-2-8-14(12)13/h1-3,5-8H,4,10-11H2. The minimum absolute atomic E-state index is 0.544. The van der Waals surface area contributed by atoms with Gasteiger partial charge in [-0.2, -0.15) is 5.26 Å². The van der Waals surface area contributed by atoms with Gasteiger partial charge in [-0.25, -0.2) is 0 Å². The summed E-state index contributed by atoms with van der Waals surface area (Å²) in [4.78, 5) is 0. The first-order chi connectivity index (χ1) is 10.9. The Morgan fingerprint density at radius 2 is 1.77 bits per heavy atom. The van der Waals surface area contributed by atoms with Crippen LogP contribution in [0.4, 0.5) is 0 Å². The number of aromatic nitrogens is 2. The molecule has 0 aliphatic heterocycles. The summed E-state index contributed by atoms with van der Waals surface area (Å²) in [6.07, 6.45) is 0.544. The Hall–Kier alpha value is -1.55. The first-order valence-corrected chi connectivity index (χ1v) is 9.58. The molecule has 110 valence electrons. The zero-order chi connectivity index (χ0) is 15.2. The molecule has 3 aromatic rings. The average molecular weight is 344 g/mol. The summed E-state index contributed by atoms with van der Waals surface area (Å²) in [5, 5.41) is 19.5. The molecule has 0 amide bonds. The van der Waals surface area contributed by atoms with Gasteiger partial charge < -0.3 is 0 Å². The predicted octanol–water partition coefficient (Wildman–Crippen LogP) is 4.99. The molecule has 3 rings (SSSR count). The Labute approximate surface area is 141 Å². The van der Waals surface area contributed by atoms with Gasteiger partial charge in [0.1, 0.15) is 0 Å². The summed E-state index contributed by atoms with van der Waals surface area (Å²) in [6.45, 7) is 0. The number of hydrogen-bond donors (Lipinski definition) is 0. The molecule has 0 atom stereocenters. The fraction of sp³-hybridized carbons (Fsp3) is 0.188. The Morgan fingerprint density at radius 1 is 1.00 bits per heavy atom. The van der Waals surface area contributed by atoms with E-state index in [0.717, 1.165) is 20.2 Å². The highest BCUT2D eigenvalue weighted by Gasteiger charge is 2.07. The van der Waals surface area contributed by atoms with Crippen molar-refractivity contribution in [1.29, 1.82) is 5.26 Å². The number of hydrogen-bond acceptors (Lipinski definition) is 6. The van der Waals surface area contributed by atoms with E-state index in [0.29, 0.717) is 6.42 Å². The van der Waals surface area contributed by atoms with E-state index in [9.17, 15) is 0 Å². The van der Waals surface area contributed by atoms with Crippen molar-refractivity contribution >= 4 is 45.6 Å². The molecule has 0 bridgehead atoms. The lowest BCUT2D eigenvalue weighted by Gasteiger charge is -2.04. The molecule has 1 heterocycles. The third kappa shape index (κ3) is 3.80. The normalized spacial score (nSPS) is 10.7. The van der Waals surface area contributed by atoms with E-state index in [4.69, 9.17) is 5.26 Å². The fourth-order valence-corrected chi connectivity index (χ4v) is 4.99. The van der Waals surface area contributed by atoms with Crippen LogP contribution in [0, 0.1) is 11.3 Å². The molecule has 0 N–H and O–H groups in total. The third-order valence-corrected chi connectivity index (χ3v) is 6.30. The highest BCUT2D eigenvalue weighted by Crippen LogP contribution is 2.32. The van der Waals surface area contributed by atoms with Gasteiger partial charge in [-0.05, 0) is 16.3 Å². The minimum Gasteiger partial charge on any atom is -0.198 e. The number of benzene rings is 2. The molecule has 0 unspecified atom stereocenters. The van der Waals surface area contributed by atoms with Gasteiger partial charge in [0.2, 0.25) is 0 Å². The maximum absolute atomic E-state index is 8.55. The van der Waals surface area contributed by atoms with Gasteiger partial charge in [0.25, 0.3) is 0 Å². The number of fused-ring (bicyclic) bond motifs is 1. The second-order valence-corrected chi connectivity index (χ2v) is 8.06. The van der Waals surface area contributed by atoms with E-state index < -0.39 is 0 Å². The smallest absolute Gasteiger partial charge is 0.175 e. The van der Waals surface area contributed by atoms with Crippen LogP contribution in [-0.4, -0.2) is 16.0 Å². The molecule has 0 fully saturated rings. The molecule has 0 spiro atoms. The van der Waals surface area contributed by atoms with Crippen molar-refractivity contribution in [2.24, 2.45) is 0 Å². The van der Waals surface area contributed by atoms with E-state index in [-0.39, 0.29) is 0 Å². The monoisotopic (exact) mass is 343 g/mol. The highest BCUT2D eigenvalue weighted by atomic mass is 32.2. The van der Waals surface area contributed by atoms with Gasteiger partial charge in [-0.15, -0.1) is 10.2 Å². The Morgan fingerprint density at radius 3 is 2.64 bits per heavy atom. The summed E-state index contributed by atoms with van der Waals surface area (Å²) in [5.41, 5.74) is 1.32. The molecule has 6 heteroatoms. The molecule has 0 saturated heterocycles. The minimum atomic E-state index is 0.544. The van der Waals surface area contributed by atoms with E-state index in [2.05, 4.69) is 58.7 Å². The van der Waals surface area contributed by atoms with Crippen LogP contribution in [0.25, 0.3) is 10.8 Å². The van der Waals surface area contributed by atoms with E-state index in [1.165, 1.54) is 16.3 Å². The lowest BCUT2D eigenvalue weighted by atomic mass is 10.1. The Kier molecular flexibility index (Phi) is 5.33. The topological polar surface area (TPSA) is 49.6 Å². The van der Waals surface area contributed by atoms with Crippen LogP contribution in [0.2, 0.25) is 0 Å². The zero-order valence-corrected chi connectivity index (χ0v) is 14.2. The van der Waals surface area contributed by atoms with Gasteiger partial charge in [0.05, 0.1) is 6.07 Å². The molecule has 0 aliphatic rings. The van der Waals surface area contributed by atoms with Gasteiger partial charge in [-0.1, -0.05) is 77.3 Å². The quantitative estimate of drug-likeness (QED) is 0.466.